The zero-order chi connectivity index (χ0) is 11.7. The molecule has 1 aromatic carbocycles. The first kappa shape index (κ1) is 10.7. The van der Waals surface area contributed by atoms with Crippen LogP contribution in [0.4, 0.5) is 0 Å². The summed E-state index contributed by atoms with van der Waals surface area (Å²) >= 11 is 5.85. The van der Waals surface area contributed by atoms with Crippen molar-refractivity contribution in [3.05, 3.63) is 58.1 Å². The topological polar surface area (TPSA) is 37.8 Å². The molecule has 1 N–H and O–H groups in total. The monoisotopic (exact) mass is 245 g/mol. The first-order chi connectivity index (χ1) is 8.31. The Labute approximate surface area is 105 Å². The zero-order valence-electron chi connectivity index (χ0n) is 9.28. The predicted molar refractivity (Wildman–Crippen MR) is 66.8 cm³/mol. The SMILES string of the molecule is Clc1ccc(Cc2ncc3c(n2)CNC3)cc1. The van der Waals surface area contributed by atoms with Crippen LogP contribution in [0.5, 0.6) is 0 Å². The van der Waals surface area contributed by atoms with E-state index in [1.807, 2.05) is 30.5 Å². The number of nitrogens with zero attached hydrogens (tertiary/aromatic N) is 2. The average Bonchev–Trinajstić information content (AvgIpc) is 2.79. The Hall–Kier alpha value is -1.45. The molecule has 4 heteroatoms. The van der Waals surface area contributed by atoms with Crippen LogP contribution >= 0.6 is 11.6 Å². The molecule has 86 valence electrons. The van der Waals surface area contributed by atoms with E-state index >= 15 is 0 Å². The number of nitrogens with one attached hydrogen (secondary N) is 1. The fourth-order valence-corrected chi connectivity index (χ4v) is 2.10. The summed E-state index contributed by atoms with van der Waals surface area (Å²) in [7, 11) is 0. The first-order valence-corrected chi connectivity index (χ1v) is 5.98. The minimum absolute atomic E-state index is 0.754. The van der Waals surface area contributed by atoms with Crippen LogP contribution in [0.3, 0.4) is 0 Å². The molecule has 1 aliphatic rings. The Balaban J connectivity index is 1.83. The fraction of sp³-hybridized carbons (Fsp3) is 0.231. The van der Waals surface area contributed by atoms with Crippen molar-refractivity contribution in [2.24, 2.45) is 0 Å². The van der Waals surface area contributed by atoms with Crippen molar-refractivity contribution in [1.29, 1.82) is 0 Å². The lowest BCUT2D eigenvalue weighted by atomic mass is 10.1. The van der Waals surface area contributed by atoms with Gasteiger partial charge < -0.3 is 5.32 Å². The molecule has 3 nitrogen and oxygen atoms in total. The Morgan fingerprint density at radius 3 is 2.82 bits per heavy atom. The van der Waals surface area contributed by atoms with Crippen molar-refractivity contribution < 1.29 is 0 Å². The number of fused-ring (bicyclic) bond motifs is 1. The summed E-state index contributed by atoms with van der Waals surface area (Å²) in [6, 6.07) is 7.81. The Kier molecular flexibility index (Phi) is 2.79. The van der Waals surface area contributed by atoms with E-state index in [1.165, 1.54) is 11.1 Å². The highest BCUT2D eigenvalue weighted by molar-refractivity contribution is 6.30. The maximum atomic E-state index is 5.85. The summed E-state index contributed by atoms with van der Waals surface area (Å²) in [6.45, 7) is 1.74. The lowest BCUT2D eigenvalue weighted by molar-refractivity contribution is 0.756. The normalized spacial score (nSPS) is 13.7. The van der Waals surface area contributed by atoms with Crippen LogP contribution in [0.25, 0.3) is 0 Å². The largest absolute Gasteiger partial charge is 0.307 e. The minimum Gasteiger partial charge on any atom is -0.307 e. The van der Waals surface area contributed by atoms with E-state index in [0.717, 1.165) is 36.1 Å². The molecule has 17 heavy (non-hydrogen) atoms. The highest BCUT2D eigenvalue weighted by atomic mass is 35.5. The van der Waals surface area contributed by atoms with E-state index in [2.05, 4.69) is 15.3 Å². The predicted octanol–water partition coefficient (Wildman–Crippen LogP) is 2.32. The molecule has 0 amide bonds. The van der Waals surface area contributed by atoms with Crippen LogP contribution in [0.15, 0.2) is 30.5 Å². The average molecular weight is 246 g/mol. The molecule has 0 unspecified atom stereocenters. The van der Waals surface area contributed by atoms with Gasteiger partial charge in [-0.3, -0.25) is 0 Å². The summed E-state index contributed by atoms with van der Waals surface area (Å²) in [4.78, 5) is 8.95. The van der Waals surface area contributed by atoms with Gasteiger partial charge in [0.25, 0.3) is 0 Å². The summed E-state index contributed by atoms with van der Waals surface area (Å²) in [6.07, 6.45) is 2.68. The highest BCUT2D eigenvalue weighted by Gasteiger charge is 2.12. The third-order valence-electron chi connectivity index (χ3n) is 2.89. The van der Waals surface area contributed by atoms with Crippen molar-refractivity contribution in [1.82, 2.24) is 15.3 Å². The lowest BCUT2D eigenvalue weighted by Crippen LogP contribution is -2.01. The van der Waals surface area contributed by atoms with Gasteiger partial charge in [-0.1, -0.05) is 23.7 Å². The van der Waals surface area contributed by atoms with Crippen LogP contribution < -0.4 is 5.32 Å². The molecule has 3 rings (SSSR count). The van der Waals surface area contributed by atoms with Gasteiger partial charge in [-0.15, -0.1) is 0 Å². The van der Waals surface area contributed by atoms with E-state index < -0.39 is 0 Å². The van der Waals surface area contributed by atoms with Gasteiger partial charge >= 0.3 is 0 Å². The molecule has 0 saturated carbocycles. The molecule has 0 spiro atoms. The molecule has 1 aromatic heterocycles. The van der Waals surface area contributed by atoms with Crippen molar-refractivity contribution in [3.8, 4) is 0 Å². The Morgan fingerprint density at radius 2 is 2.00 bits per heavy atom. The van der Waals surface area contributed by atoms with Crippen molar-refractivity contribution in [3.63, 3.8) is 0 Å². The third-order valence-corrected chi connectivity index (χ3v) is 3.14. The number of halogens is 1. The highest BCUT2D eigenvalue weighted by Crippen LogP contribution is 2.15. The molecule has 0 atom stereocenters. The molecule has 0 saturated heterocycles. The van der Waals surface area contributed by atoms with Gasteiger partial charge in [0.1, 0.15) is 5.82 Å². The van der Waals surface area contributed by atoms with Gasteiger partial charge in [0, 0.05) is 36.3 Å². The number of hydrogen-bond donors (Lipinski definition) is 1. The summed E-state index contributed by atoms with van der Waals surface area (Å²) in [5, 5.41) is 4.02. The molecule has 0 bridgehead atoms. The minimum atomic E-state index is 0.754. The van der Waals surface area contributed by atoms with Crippen LogP contribution in [-0.2, 0) is 19.5 Å². The Morgan fingerprint density at radius 1 is 1.18 bits per heavy atom. The summed E-state index contributed by atoms with van der Waals surface area (Å²) < 4.78 is 0. The van der Waals surface area contributed by atoms with Gasteiger partial charge in [0.15, 0.2) is 0 Å². The van der Waals surface area contributed by atoms with Crippen molar-refractivity contribution in [2.75, 3.05) is 0 Å². The quantitative estimate of drug-likeness (QED) is 0.883. The maximum Gasteiger partial charge on any atom is 0.132 e. The van der Waals surface area contributed by atoms with E-state index in [1.54, 1.807) is 0 Å². The van der Waals surface area contributed by atoms with Crippen molar-refractivity contribution >= 4 is 11.6 Å². The molecule has 0 fully saturated rings. The van der Waals surface area contributed by atoms with Crippen LogP contribution in [0.1, 0.15) is 22.6 Å². The zero-order valence-corrected chi connectivity index (χ0v) is 10.0. The van der Waals surface area contributed by atoms with Crippen LogP contribution in [-0.4, -0.2) is 9.97 Å². The molecule has 2 heterocycles. The second-order valence-electron chi connectivity index (χ2n) is 4.16. The van der Waals surface area contributed by atoms with Crippen LogP contribution in [0, 0.1) is 0 Å². The number of aromatic nitrogens is 2. The first-order valence-electron chi connectivity index (χ1n) is 5.60. The van der Waals surface area contributed by atoms with E-state index in [4.69, 9.17) is 11.6 Å². The summed E-state index contributed by atoms with van der Waals surface area (Å²) in [5.41, 5.74) is 3.52. The molecule has 0 aliphatic carbocycles. The molecule has 2 aromatic rings. The molecule has 1 aliphatic heterocycles. The molecular formula is C13H12ClN3. The van der Waals surface area contributed by atoms with Crippen molar-refractivity contribution in [2.45, 2.75) is 19.5 Å². The molecule has 0 radical (unpaired) electrons. The number of hydrogen-bond acceptors (Lipinski definition) is 3. The van der Waals surface area contributed by atoms with Crippen LogP contribution in [0.2, 0.25) is 5.02 Å². The fourth-order valence-electron chi connectivity index (χ4n) is 1.97. The van der Waals surface area contributed by atoms with Gasteiger partial charge in [-0.2, -0.15) is 0 Å². The van der Waals surface area contributed by atoms with E-state index in [0.29, 0.717) is 0 Å². The van der Waals surface area contributed by atoms with E-state index in [9.17, 15) is 0 Å². The van der Waals surface area contributed by atoms with Gasteiger partial charge in [-0.25, -0.2) is 9.97 Å². The number of benzene rings is 1. The molecular weight excluding hydrogens is 234 g/mol. The standard InChI is InChI=1S/C13H12ClN3/c14-11-3-1-9(2-4-11)5-13-16-7-10-6-15-8-12(10)17-13/h1-4,7,15H,5-6,8H2. The second-order valence-corrected chi connectivity index (χ2v) is 4.60. The van der Waals surface area contributed by atoms with Gasteiger partial charge in [0.05, 0.1) is 5.69 Å². The van der Waals surface area contributed by atoms with Gasteiger partial charge in [0.2, 0.25) is 0 Å². The number of rotatable bonds is 2. The van der Waals surface area contributed by atoms with E-state index in [-0.39, 0.29) is 0 Å². The van der Waals surface area contributed by atoms with Gasteiger partial charge in [-0.05, 0) is 17.7 Å². The Bertz CT molecular complexity index is 537. The summed E-state index contributed by atoms with van der Waals surface area (Å²) in [5.74, 6) is 0.870. The third kappa shape index (κ3) is 2.30. The smallest absolute Gasteiger partial charge is 0.132 e. The second kappa shape index (κ2) is 4.43. The lowest BCUT2D eigenvalue weighted by Gasteiger charge is -2.03. The maximum absolute atomic E-state index is 5.85.